The molecule has 3 rings (SSSR count). The van der Waals surface area contributed by atoms with Crippen LogP contribution in [0.15, 0.2) is 41.4 Å². The van der Waals surface area contributed by atoms with Crippen LogP contribution in [-0.4, -0.2) is 45.4 Å². The smallest absolute Gasteiger partial charge is 0.242 e. The van der Waals surface area contributed by atoms with Crippen molar-refractivity contribution in [3.05, 3.63) is 46.4 Å². The monoisotopic (exact) mass is 509 g/mol. The Morgan fingerprint density at radius 2 is 1.97 bits per heavy atom. The molecule has 0 radical (unpaired) electrons. The first kappa shape index (κ1) is 25.2. The average molecular weight is 510 g/mol. The van der Waals surface area contributed by atoms with Crippen LogP contribution in [0.25, 0.3) is 0 Å². The molecule has 7 nitrogen and oxygen atoms in total. The predicted octanol–water partition coefficient (Wildman–Crippen LogP) is 5.86. The lowest BCUT2D eigenvalue weighted by Crippen LogP contribution is -2.34. The molecule has 176 valence electrons. The summed E-state index contributed by atoms with van der Waals surface area (Å²) < 4.78 is 5.46. The molecule has 0 bridgehead atoms. The number of phenols is 1. The molecule has 0 aliphatic carbocycles. The van der Waals surface area contributed by atoms with Gasteiger partial charge in [-0.05, 0) is 37.6 Å². The molecule has 1 fully saturated rings. The molecule has 10 heteroatoms. The number of amidine groups is 1. The molecule has 2 N–H and O–H groups in total. The highest BCUT2D eigenvalue weighted by atomic mass is 35.5. The van der Waals surface area contributed by atoms with E-state index in [4.69, 9.17) is 27.9 Å². The van der Waals surface area contributed by atoms with Crippen molar-refractivity contribution in [2.24, 2.45) is 4.99 Å². The fourth-order valence-corrected chi connectivity index (χ4v) is 4.84. The normalized spacial score (nSPS) is 17.0. The zero-order valence-corrected chi connectivity index (χ0v) is 20.6. The van der Waals surface area contributed by atoms with E-state index in [1.165, 1.54) is 23.9 Å². The Labute approximate surface area is 207 Å². The van der Waals surface area contributed by atoms with E-state index < -0.39 is 5.25 Å². The van der Waals surface area contributed by atoms with Gasteiger partial charge in [-0.15, -0.1) is 0 Å². The molecule has 2 aromatic carbocycles. The first-order chi connectivity index (χ1) is 15.8. The number of aromatic hydroxyl groups is 1. The van der Waals surface area contributed by atoms with Gasteiger partial charge in [-0.3, -0.25) is 14.5 Å². The minimum absolute atomic E-state index is 0.00109. The van der Waals surface area contributed by atoms with Crippen LogP contribution in [0.4, 0.5) is 11.4 Å². The van der Waals surface area contributed by atoms with E-state index in [-0.39, 0.29) is 34.0 Å². The van der Waals surface area contributed by atoms with Crippen molar-refractivity contribution < 1.29 is 19.4 Å². The van der Waals surface area contributed by atoms with Gasteiger partial charge in [0.1, 0.15) is 11.0 Å². The van der Waals surface area contributed by atoms with Crippen LogP contribution >= 0.6 is 35.0 Å². The Kier molecular flexibility index (Phi) is 8.88. The number of ether oxygens (including phenoxy) is 1. The van der Waals surface area contributed by atoms with Crippen LogP contribution < -0.4 is 10.1 Å². The predicted molar refractivity (Wildman–Crippen MR) is 134 cm³/mol. The summed E-state index contributed by atoms with van der Waals surface area (Å²) in [5, 5.41) is 12.6. The van der Waals surface area contributed by atoms with Gasteiger partial charge in [0.2, 0.25) is 11.8 Å². The van der Waals surface area contributed by atoms with Crippen molar-refractivity contribution in [2.75, 3.05) is 18.5 Å². The van der Waals surface area contributed by atoms with E-state index in [2.05, 4.69) is 10.3 Å². The van der Waals surface area contributed by atoms with Gasteiger partial charge in [-0.25, -0.2) is 4.99 Å². The molecule has 1 unspecified atom stereocenters. The number of nitrogens with zero attached hydrogens (tertiary/aromatic N) is 2. The minimum atomic E-state index is -0.598. The molecule has 0 aromatic heterocycles. The third-order valence-electron chi connectivity index (χ3n) is 4.78. The number of halogens is 2. The van der Waals surface area contributed by atoms with Crippen molar-refractivity contribution >= 4 is 63.3 Å². The first-order valence-electron chi connectivity index (χ1n) is 10.6. The average Bonchev–Trinajstić information content (AvgIpc) is 3.04. The van der Waals surface area contributed by atoms with Crippen LogP contribution in [0.3, 0.4) is 0 Å². The molecule has 1 saturated heterocycles. The molecule has 2 amide bonds. The van der Waals surface area contributed by atoms with E-state index in [0.29, 0.717) is 35.4 Å². The van der Waals surface area contributed by atoms with Crippen LogP contribution in [0.1, 0.15) is 33.1 Å². The number of benzene rings is 2. The second-order valence-corrected chi connectivity index (χ2v) is 9.30. The summed E-state index contributed by atoms with van der Waals surface area (Å²) in [7, 11) is 0. The third-order valence-corrected chi connectivity index (χ3v) is 6.53. The van der Waals surface area contributed by atoms with Gasteiger partial charge in [0.05, 0.1) is 22.3 Å². The summed E-state index contributed by atoms with van der Waals surface area (Å²) in [5.74, 6) is -0.000438. The number of carbonyl (C=O) groups excluding carboxylic acids is 2. The Morgan fingerprint density at radius 3 is 2.64 bits per heavy atom. The number of amides is 2. The lowest BCUT2D eigenvalue weighted by atomic mass is 10.2. The van der Waals surface area contributed by atoms with Crippen molar-refractivity contribution in [1.82, 2.24) is 4.90 Å². The Hall–Kier alpha value is -2.42. The van der Waals surface area contributed by atoms with Gasteiger partial charge in [0.15, 0.2) is 10.9 Å². The van der Waals surface area contributed by atoms with E-state index in [1.807, 2.05) is 19.9 Å². The van der Waals surface area contributed by atoms with Crippen LogP contribution in [0.5, 0.6) is 11.5 Å². The second-order valence-electron chi connectivity index (χ2n) is 7.32. The number of anilines is 1. The maximum absolute atomic E-state index is 13.1. The zero-order valence-electron chi connectivity index (χ0n) is 18.3. The highest BCUT2D eigenvalue weighted by Crippen LogP contribution is 2.38. The van der Waals surface area contributed by atoms with Crippen LogP contribution in [0, 0.1) is 0 Å². The number of unbranched alkanes of at least 4 members (excludes halogenated alkanes) is 1. The molecule has 1 heterocycles. The lowest BCUT2D eigenvalue weighted by Gasteiger charge is -2.16. The molecule has 33 heavy (non-hydrogen) atoms. The largest absolute Gasteiger partial charge is 0.505 e. The third kappa shape index (κ3) is 6.56. The van der Waals surface area contributed by atoms with Gasteiger partial charge in [0.25, 0.3) is 0 Å². The SMILES string of the molecule is CCCCN1C(=O)C(CC(=O)Nc2cccc(OCC)c2)SC1=Nc1cc(Cl)c(O)c(Cl)c1. The summed E-state index contributed by atoms with van der Waals surface area (Å²) >= 11 is 13.2. The van der Waals surface area contributed by atoms with E-state index in [9.17, 15) is 14.7 Å². The van der Waals surface area contributed by atoms with Gasteiger partial charge < -0.3 is 15.2 Å². The van der Waals surface area contributed by atoms with Crippen molar-refractivity contribution in [3.63, 3.8) is 0 Å². The number of phenolic OH excluding ortho intramolecular Hbond substituents is 1. The number of nitrogens with one attached hydrogen (secondary N) is 1. The van der Waals surface area contributed by atoms with Crippen molar-refractivity contribution in [2.45, 2.75) is 38.4 Å². The van der Waals surface area contributed by atoms with Gasteiger partial charge in [0, 0.05) is 24.7 Å². The first-order valence-corrected chi connectivity index (χ1v) is 12.2. The maximum Gasteiger partial charge on any atom is 0.242 e. The zero-order chi connectivity index (χ0) is 24.0. The van der Waals surface area contributed by atoms with E-state index in [0.717, 1.165) is 12.8 Å². The summed E-state index contributed by atoms with van der Waals surface area (Å²) in [6.45, 7) is 4.94. The molecule has 1 aliphatic rings. The number of hydrogen-bond donors (Lipinski definition) is 2. The summed E-state index contributed by atoms with van der Waals surface area (Å²) in [6, 6.07) is 10.1. The fourth-order valence-electron chi connectivity index (χ4n) is 3.18. The van der Waals surface area contributed by atoms with Crippen molar-refractivity contribution in [1.29, 1.82) is 0 Å². The fraction of sp³-hybridized carbons (Fsp3) is 0.348. The number of hydrogen-bond acceptors (Lipinski definition) is 6. The maximum atomic E-state index is 13.1. The molecule has 1 aliphatic heterocycles. The lowest BCUT2D eigenvalue weighted by molar-refractivity contribution is -0.128. The van der Waals surface area contributed by atoms with Crippen LogP contribution in [0.2, 0.25) is 10.0 Å². The van der Waals surface area contributed by atoms with E-state index >= 15 is 0 Å². The summed E-state index contributed by atoms with van der Waals surface area (Å²) in [4.78, 5) is 31.8. The van der Waals surface area contributed by atoms with Gasteiger partial charge >= 0.3 is 0 Å². The molecule has 2 aromatic rings. The minimum Gasteiger partial charge on any atom is -0.505 e. The van der Waals surface area contributed by atoms with Gasteiger partial charge in [-0.2, -0.15) is 0 Å². The quantitative estimate of drug-likeness (QED) is 0.441. The van der Waals surface area contributed by atoms with E-state index in [1.54, 1.807) is 23.1 Å². The number of aliphatic imine (C=N–C) groups is 1. The number of rotatable bonds is 9. The standard InChI is InChI=1S/C23H25Cl2N3O4S/c1-3-5-9-28-22(31)19(13-20(29)26-14-7-6-8-16(10-14)32-4-2)33-23(28)27-15-11-17(24)21(30)18(25)12-15/h6-8,10-12,19,30H,3-5,9,13H2,1-2H3,(H,26,29). The molecule has 0 spiro atoms. The highest BCUT2D eigenvalue weighted by Gasteiger charge is 2.38. The second kappa shape index (κ2) is 11.6. The topological polar surface area (TPSA) is 91.2 Å². The Morgan fingerprint density at radius 1 is 1.24 bits per heavy atom. The van der Waals surface area contributed by atoms with Crippen LogP contribution in [-0.2, 0) is 9.59 Å². The number of thioether (sulfide) groups is 1. The highest BCUT2D eigenvalue weighted by molar-refractivity contribution is 8.15. The molecule has 0 saturated carbocycles. The van der Waals surface area contributed by atoms with Crippen molar-refractivity contribution in [3.8, 4) is 11.5 Å². The number of carbonyl (C=O) groups is 2. The molecular formula is C23H25Cl2N3O4S. The van der Waals surface area contributed by atoms with Gasteiger partial charge in [-0.1, -0.05) is 54.4 Å². The molecular weight excluding hydrogens is 485 g/mol. The Balaban J connectivity index is 1.76. The summed E-state index contributed by atoms with van der Waals surface area (Å²) in [5.41, 5.74) is 1.02. The molecule has 1 atom stereocenters. The summed E-state index contributed by atoms with van der Waals surface area (Å²) in [6.07, 6.45) is 1.70. The Bertz CT molecular complexity index is 1040.